The smallest absolute Gasteiger partial charge is 0.290 e. The molecule has 1 aliphatic rings. The summed E-state index contributed by atoms with van der Waals surface area (Å²) in [5, 5.41) is 2.98. The van der Waals surface area contributed by atoms with Crippen molar-refractivity contribution < 1.29 is 14.0 Å². The van der Waals surface area contributed by atoms with Gasteiger partial charge in [-0.3, -0.25) is 9.59 Å². The first-order valence-electron chi connectivity index (χ1n) is 9.50. The van der Waals surface area contributed by atoms with Gasteiger partial charge in [-0.2, -0.15) is 0 Å². The van der Waals surface area contributed by atoms with Crippen molar-refractivity contribution in [3.63, 3.8) is 0 Å². The Bertz CT molecular complexity index is 730. The van der Waals surface area contributed by atoms with E-state index in [1.165, 1.54) is 11.8 Å². The molecule has 2 heterocycles. The summed E-state index contributed by atoms with van der Waals surface area (Å²) in [5.74, 6) is 0.00981. The first kappa shape index (κ1) is 19.2. The van der Waals surface area contributed by atoms with Gasteiger partial charge in [0.25, 0.3) is 5.91 Å². The zero-order chi connectivity index (χ0) is 19.1. The number of amides is 2. The number of furan rings is 1. The summed E-state index contributed by atoms with van der Waals surface area (Å²) in [6, 6.07) is 13.3. The van der Waals surface area contributed by atoms with E-state index in [-0.39, 0.29) is 17.6 Å². The Balaban J connectivity index is 1.40. The molecule has 1 atom stereocenters. The minimum atomic E-state index is -0.398. The lowest BCUT2D eigenvalue weighted by molar-refractivity contribution is -0.124. The number of nitrogens with zero attached hydrogens (tertiary/aromatic N) is 2. The Morgan fingerprint density at radius 2 is 2.04 bits per heavy atom. The van der Waals surface area contributed by atoms with Crippen molar-refractivity contribution in [3.8, 4) is 0 Å². The number of nitrogens with one attached hydrogen (secondary N) is 1. The molecule has 1 aliphatic heterocycles. The van der Waals surface area contributed by atoms with Gasteiger partial charge in [-0.1, -0.05) is 30.3 Å². The predicted molar refractivity (Wildman–Crippen MR) is 103 cm³/mol. The molecule has 6 heteroatoms. The summed E-state index contributed by atoms with van der Waals surface area (Å²) < 4.78 is 5.18. The van der Waals surface area contributed by atoms with Gasteiger partial charge in [0.05, 0.1) is 6.26 Å². The van der Waals surface area contributed by atoms with Crippen LogP contribution in [0.25, 0.3) is 0 Å². The van der Waals surface area contributed by atoms with E-state index in [4.69, 9.17) is 4.42 Å². The molecule has 3 rings (SSSR count). The minimum absolute atomic E-state index is 0.0712. The molecular formula is C21H27N3O3. The molecule has 1 fully saturated rings. The van der Waals surface area contributed by atoms with E-state index in [2.05, 4.69) is 29.4 Å². The van der Waals surface area contributed by atoms with Gasteiger partial charge in [0.1, 0.15) is 6.04 Å². The summed E-state index contributed by atoms with van der Waals surface area (Å²) in [4.78, 5) is 28.8. The Morgan fingerprint density at radius 1 is 1.22 bits per heavy atom. The first-order valence-corrected chi connectivity index (χ1v) is 9.50. The average Bonchev–Trinajstić information content (AvgIpc) is 3.37. The Labute approximate surface area is 160 Å². The number of hydrogen-bond acceptors (Lipinski definition) is 4. The third-order valence-corrected chi connectivity index (χ3v) is 4.86. The number of rotatable bonds is 8. The Morgan fingerprint density at radius 3 is 2.78 bits per heavy atom. The van der Waals surface area contributed by atoms with Crippen LogP contribution in [0.5, 0.6) is 0 Å². The fraction of sp³-hybridized carbons (Fsp3) is 0.429. The van der Waals surface area contributed by atoms with E-state index in [1.54, 1.807) is 17.0 Å². The molecule has 1 aromatic carbocycles. The lowest BCUT2D eigenvalue weighted by Gasteiger charge is -2.23. The predicted octanol–water partition coefficient (Wildman–Crippen LogP) is 2.52. The zero-order valence-corrected chi connectivity index (χ0v) is 15.8. The van der Waals surface area contributed by atoms with Gasteiger partial charge in [-0.15, -0.1) is 0 Å². The maximum Gasteiger partial charge on any atom is 0.290 e. The second-order valence-electron chi connectivity index (χ2n) is 7.00. The van der Waals surface area contributed by atoms with Gasteiger partial charge in [0, 0.05) is 19.6 Å². The molecular weight excluding hydrogens is 342 g/mol. The number of benzene rings is 1. The fourth-order valence-electron chi connectivity index (χ4n) is 3.48. The summed E-state index contributed by atoms with van der Waals surface area (Å²) in [6.45, 7) is 2.99. The van der Waals surface area contributed by atoms with E-state index in [9.17, 15) is 9.59 Å². The third-order valence-electron chi connectivity index (χ3n) is 4.86. The highest BCUT2D eigenvalue weighted by Crippen LogP contribution is 2.20. The highest BCUT2D eigenvalue weighted by Gasteiger charge is 2.35. The summed E-state index contributed by atoms with van der Waals surface area (Å²) >= 11 is 0. The van der Waals surface area contributed by atoms with E-state index < -0.39 is 6.04 Å². The van der Waals surface area contributed by atoms with Crippen molar-refractivity contribution in [1.82, 2.24) is 15.1 Å². The van der Waals surface area contributed by atoms with Crippen molar-refractivity contribution >= 4 is 11.8 Å². The molecule has 1 aromatic heterocycles. The van der Waals surface area contributed by atoms with Crippen molar-refractivity contribution in [3.05, 3.63) is 60.1 Å². The van der Waals surface area contributed by atoms with Gasteiger partial charge in [-0.25, -0.2) is 0 Å². The largest absolute Gasteiger partial charge is 0.459 e. The molecule has 1 N–H and O–H groups in total. The SMILES string of the molecule is CN(CCCNC(=O)C1CCCN1C(=O)c1ccco1)Cc1ccccc1. The molecule has 0 radical (unpaired) electrons. The third kappa shape index (κ3) is 5.20. The molecule has 0 aliphatic carbocycles. The average molecular weight is 369 g/mol. The molecule has 2 amide bonds. The van der Waals surface area contributed by atoms with Crippen LogP contribution in [-0.4, -0.2) is 54.3 Å². The van der Waals surface area contributed by atoms with Crippen molar-refractivity contribution in [1.29, 1.82) is 0 Å². The van der Waals surface area contributed by atoms with Crippen LogP contribution in [0.15, 0.2) is 53.1 Å². The number of hydrogen-bond donors (Lipinski definition) is 1. The fourth-order valence-corrected chi connectivity index (χ4v) is 3.48. The summed E-state index contributed by atoms with van der Waals surface area (Å²) in [6.07, 6.45) is 3.88. The van der Waals surface area contributed by atoms with Gasteiger partial charge in [0.15, 0.2) is 5.76 Å². The molecule has 144 valence electrons. The van der Waals surface area contributed by atoms with Gasteiger partial charge < -0.3 is 19.5 Å². The van der Waals surface area contributed by atoms with Crippen LogP contribution in [-0.2, 0) is 11.3 Å². The van der Waals surface area contributed by atoms with E-state index >= 15 is 0 Å². The Hall–Kier alpha value is -2.60. The maximum absolute atomic E-state index is 12.5. The highest BCUT2D eigenvalue weighted by molar-refractivity contribution is 5.95. The summed E-state index contributed by atoms with van der Waals surface area (Å²) in [5.41, 5.74) is 1.28. The monoisotopic (exact) mass is 369 g/mol. The van der Waals surface area contributed by atoms with Gasteiger partial charge >= 0.3 is 0 Å². The molecule has 1 unspecified atom stereocenters. The quantitative estimate of drug-likeness (QED) is 0.726. The van der Waals surface area contributed by atoms with Gasteiger partial charge in [0.2, 0.25) is 5.91 Å². The molecule has 6 nitrogen and oxygen atoms in total. The number of carbonyl (C=O) groups excluding carboxylic acids is 2. The molecule has 27 heavy (non-hydrogen) atoms. The first-order chi connectivity index (χ1) is 13.1. The highest BCUT2D eigenvalue weighted by atomic mass is 16.3. The number of carbonyl (C=O) groups is 2. The topological polar surface area (TPSA) is 65.8 Å². The van der Waals surface area contributed by atoms with Crippen LogP contribution in [0.2, 0.25) is 0 Å². The molecule has 0 spiro atoms. The van der Waals surface area contributed by atoms with E-state index in [1.807, 2.05) is 18.2 Å². The molecule has 1 saturated heterocycles. The number of likely N-dealkylation sites (tertiary alicyclic amines) is 1. The minimum Gasteiger partial charge on any atom is -0.459 e. The Kier molecular flexibility index (Phi) is 6.65. The second-order valence-corrected chi connectivity index (χ2v) is 7.00. The van der Waals surface area contributed by atoms with Gasteiger partial charge in [-0.05, 0) is 50.6 Å². The zero-order valence-electron chi connectivity index (χ0n) is 15.8. The van der Waals surface area contributed by atoms with Crippen LogP contribution in [0.3, 0.4) is 0 Å². The van der Waals surface area contributed by atoms with Crippen LogP contribution in [0, 0.1) is 0 Å². The van der Waals surface area contributed by atoms with Crippen molar-refractivity contribution in [2.24, 2.45) is 0 Å². The molecule has 0 saturated carbocycles. The van der Waals surface area contributed by atoms with Crippen LogP contribution in [0.1, 0.15) is 35.4 Å². The van der Waals surface area contributed by atoms with Crippen molar-refractivity contribution in [2.75, 3.05) is 26.7 Å². The lowest BCUT2D eigenvalue weighted by Crippen LogP contribution is -2.46. The normalized spacial score (nSPS) is 16.7. The summed E-state index contributed by atoms with van der Waals surface area (Å²) in [7, 11) is 2.08. The second kappa shape index (κ2) is 9.37. The van der Waals surface area contributed by atoms with Crippen LogP contribution < -0.4 is 5.32 Å². The van der Waals surface area contributed by atoms with E-state index in [0.717, 1.165) is 25.9 Å². The van der Waals surface area contributed by atoms with E-state index in [0.29, 0.717) is 19.5 Å². The lowest BCUT2D eigenvalue weighted by atomic mass is 10.2. The standard InChI is InChI=1S/C21H27N3O3/c1-23(16-17-8-3-2-4-9-17)13-7-12-22-20(25)18-10-5-14-24(18)21(26)19-11-6-15-27-19/h2-4,6,8-9,11,15,18H,5,7,10,12-14,16H2,1H3,(H,22,25). The van der Waals surface area contributed by atoms with Crippen LogP contribution in [0.4, 0.5) is 0 Å². The maximum atomic E-state index is 12.5. The molecule has 0 bridgehead atoms. The van der Waals surface area contributed by atoms with Crippen molar-refractivity contribution in [2.45, 2.75) is 31.8 Å². The molecule has 2 aromatic rings. The van der Waals surface area contributed by atoms with Crippen LogP contribution >= 0.6 is 0 Å².